The van der Waals surface area contributed by atoms with Gasteiger partial charge in [0, 0.05) is 52.0 Å². The molecule has 1 amide bonds. The lowest BCUT2D eigenvalue weighted by atomic mass is 10.2. The first-order valence-electron chi connectivity index (χ1n) is 7.20. The van der Waals surface area contributed by atoms with Gasteiger partial charge in [0.15, 0.2) is 0 Å². The molecule has 3 rings (SSSR count). The molecule has 1 aromatic heterocycles. The summed E-state index contributed by atoms with van der Waals surface area (Å²) in [4.78, 5) is 24.5. The molecule has 1 N–H and O–H groups in total. The van der Waals surface area contributed by atoms with Crippen molar-refractivity contribution >= 4 is 11.9 Å². The van der Waals surface area contributed by atoms with Gasteiger partial charge in [0.05, 0.1) is 5.54 Å². The van der Waals surface area contributed by atoms with Crippen LogP contribution in [0.2, 0.25) is 0 Å². The van der Waals surface area contributed by atoms with E-state index in [1.165, 1.54) is 0 Å². The highest BCUT2D eigenvalue weighted by atomic mass is 16.1. The fraction of sp³-hybridized carbons (Fsp3) is 0.643. The molecular formula is C14H21N5O. The first-order chi connectivity index (χ1) is 9.67. The maximum absolute atomic E-state index is 11.2. The summed E-state index contributed by atoms with van der Waals surface area (Å²) in [7, 11) is 0. The van der Waals surface area contributed by atoms with Crippen molar-refractivity contribution in [2.75, 3.05) is 37.6 Å². The molecule has 2 heterocycles. The topological polar surface area (TPSA) is 61.4 Å². The van der Waals surface area contributed by atoms with Crippen molar-refractivity contribution in [1.82, 2.24) is 20.2 Å². The molecule has 6 heteroatoms. The smallest absolute Gasteiger partial charge is 0.225 e. The van der Waals surface area contributed by atoms with Crippen LogP contribution in [0.3, 0.4) is 0 Å². The van der Waals surface area contributed by atoms with Crippen molar-refractivity contribution in [2.24, 2.45) is 0 Å². The molecule has 1 aliphatic carbocycles. The van der Waals surface area contributed by atoms with Crippen molar-refractivity contribution in [3.8, 4) is 0 Å². The minimum absolute atomic E-state index is 0.0528. The zero-order valence-electron chi connectivity index (χ0n) is 11.9. The van der Waals surface area contributed by atoms with E-state index in [0.717, 1.165) is 51.5 Å². The van der Waals surface area contributed by atoms with E-state index in [9.17, 15) is 4.79 Å². The third kappa shape index (κ3) is 3.07. The van der Waals surface area contributed by atoms with Crippen LogP contribution in [0.1, 0.15) is 19.8 Å². The minimum atomic E-state index is 0.0528. The number of rotatable bonds is 4. The Morgan fingerprint density at radius 1 is 1.25 bits per heavy atom. The third-order valence-corrected chi connectivity index (χ3v) is 4.03. The van der Waals surface area contributed by atoms with Crippen LogP contribution < -0.4 is 10.2 Å². The lowest BCUT2D eigenvalue weighted by Crippen LogP contribution is -2.52. The van der Waals surface area contributed by atoms with Gasteiger partial charge in [-0.1, -0.05) is 0 Å². The van der Waals surface area contributed by atoms with Crippen LogP contribution in [-0.4, -0.2) is 59.0 Å². The first kappa shape index (κ1) is 13.3. The summed E-state index contributed by atoms with van der Waals surface area (Å²) in [5, 5.41) is 3.10. The Balaban J connectivity index is 1.51. The van der Waals surface area contributed by atoms with Gasteiger partial charge in [-0.2, -0.15) is 0 Å². The highest BCUT2D eigenvalue weighted by molar-refractivity contribution is 5.74. The molecule has 1 saturated heterocycles. The zero-order valence-corrected chi connectivity index (χ0v) is 11.9. The number of hydrogen-bond acceptors (Lipinski definition) is 5. The van der Waals surface area contributed by atoms with Gasteiger partial charge in [-0.15, -0.1) is 0 Å². The lowest BCUT2D eigenvalue weighted by molar-refractivity contribution is -0.120. The molecule has 0 atom stereocenters. The summed E-state index contributed by atoms with van der Waals surface area (Å²) in [6.07, 6.45) is 5.78. The number of carbonyl (C=O) groups excluding carboxylic acids is 1. The predicted octanol–water partition coefficient (Wildman–Crippen LogP) is 0.267. The largest absolute Gasteiger partial charge is 0.350 e. The Hall–Kier alpha value is -1.69. The Morgan fingerprint density at radius 3 is 2.45 bits per heavy atom. The molecule has 108 valence electrons. The Morgan fingerprint density at radius 2 is 1.90 bits per heavy atom. The molecule has 1 saturated carbocycles. The second kappa shape index (κ2) is 5.36. The normalized spacial score (nSPS) is 21.6. The van der Waals surface area contributed by atoms with Crippen LogP contribution in [-0.2, 0) is 4.79 Å². The number of carbonyl (C=O) groups is 1. The second-order valence-electron chi connectivity index (χ2n) is 5.77. The standard InChI is InChI=1S/C14H21N5O/c1-12(20)17-14(3-4-14)11-18-7-9-19(10-8-18)13-15-5-2-6-16-13/h2,5-6H,3-4,7-11H2,1H3,(H,17,20). The van der Waals surface area contributed by atoms with E-state index in [1.54, 1.807) is 19.3 Å². The van der Waals surface area contributed by atoms with Crippen LogP contribution in [0.4, 0.5) is 5.95 Å². The fourth-order valence-corrected chi connectivity index (χ4v) is 2.84. The van der Waals surface area contributed by atoms with Gasteiger partial charge in [-0.3, -0.25) is 9.69 Å². The van der Waals surface area contributed by atoms with Gasteiger partial charge in [-0.05, 0) is 18.9 Å². The van der Waals surface area contributed by atoms with E-state index < -0.39 is 0 Å². The average molecular weight is 275 g/mol. The Kier molecular flexibility index (Phi) is 3.56. The van der Waals surface area contributed by atoms with Crippen molar-refractivity contribution < 1.29 is 4.79 Å². The van der Waals surface area contributed by atoms with E-state index in [0.29, 0.717) is 0 Å². The van der Waals surface area contributed by atoms with Crippen LogP contribution in [0.25, 0.3) is 0 Å². The quantitative estimate of drug-likeness (QED) is 0.854. The molecule has 2 fully saturated rings. The highest BCUT2D eigenvalue weighted by Gasteiger charge is 2.44. The van der Waals surface area contributed by atoms with Gasteiger partial charge in [0.1, 0.15) is 0 Å². The van der Waals surface area contributed by atoms with Gasteiger partial charge in [-0.25, -0.2) is 9.97 Å². The number of amides is 1. The van der Waals surface area contributed by atoms with Crippen LogP contribution >= 0.6 is 0 Å². The summed E-state index contributed by atoms with van der Waals surface area (Å²) in [5.41, 5.74) is 0.0528. The molecule has 1 aliphatic heterocycles. The maximum atomic E-state index is 11.2. The Bertz CT molecular complexity index is 466. The number of anilines is 1. The van der Waals surface area contributed by atoms with E-state index in [2.05, 4.69) is 25.1 Å². The minimum Gasteiger partial charge on any atom is -0.350 e. The fourth-order valence-electron chi connectivity index (χ4n) is 2.84. The second-order valence-corrected chi connectivity index (χ2v) is 5.77. The maximum Gasteiger partial charge on any atom is 0.225 e. The average Bonchev–Trinajstić information content (AvgIpc) is 3.19. The van der Waals surface area contributed by atoms with Crippen LogP contribution in [0.15, 0.2) is 18.5 Å². The number of hydrogen-bond donors (Lipinski definition) is 1. The predicted molar refractivity (Wildman–Crippen MR) is 76.5 cm³/mol. The summed E-state index contributed by atoms with van der Waals surface area (Å²) in [6, 6.07) is 1.84. The zero-order chi connectivity index (χ0) is 14.0. The van der Waals surface area contributed by atoms with E-state index in [1.807, 2.05) is 6.07 Å². The first-order valence-corrected chi connectivity index (χ1v) is 7.20. The molecule has 1 aromatic rings. The van der Waals surface area contributed by atoms with Gasteiger partial charge >= 0.3 is 0 Å². The molecule has 0 radical (unpaired) electrons. The van der Waals surface area contributed by atoms with Gasteiger partial charge in [0.25, 0.3) is 0 Å². The molecular weight excluding hydrogens is 254 g/mol. The van der Waals surface area contributed by atoms with E-state index in [-0.39, 0.29) is 11.4 Å². The number of nitrogens with zero attached hydrogens (tertiary/aromatic N) is 4. The van der Waals surface area contributed by atoms with E-state index >= 15 is 0 Å². The third-order valence-electron chi connectivity index (χ3n) is 4.03. The molecule has 0 unspecified atom stereocenters. The summed E-state index contributed by atoms with van der Waals surface area (Å²) >= 11 is 0. The van der Waals surface area contributed by atoms with E-state index in [4.69, 9.17) is 0 Å². The van der Waals surface area contributed by atoms with Gasteiger partial charge in [0.2, 0.25) is 11.9 Å². The summed E-state index contributed by atoms with van der Waals surface area (Å²) in [6.45, 7) is 6.46. The van der Waals surface area contributed by atoms with Crippen molar-refractivity contribution in [2.45, 2.75) is 25.3 Å². The summed E-state index contributed by atoms with van der Waals surface area (Å²) in [5.74, 6) is 0.897. The van der Waals surface area contributed by atoms with Crippen LogP contribution in [0, 0.1) is 0 Å². The number of aromatic nitrogens is 2. The highest BCUT2D eigenvalue weighted by Crippen LogP contribution is 2.36. The SMILES string of the molecule is CC(=O)NC1(CN2CCN(c3ncccn3)CC2)CC1. The Labute approximate surface area is 119 Å². The number of nitrogens with one attached hydrogen (secondary N) is 1. The van der Waals surface area contributed by atoms with Crippen LogP contribution in [0.5, 0.6) is 0 Å². The molecule has 20 heavy (non-hydrogen) atoms. The molecule has 2 aliphatic rings. The molecule has 0 aromatic carbocycles. The summed E-state index contributed by atoms with van der Waals surface area (Å²) < 4.78 is 0. The van der Waals surface area contributed by atoms with Crippen molar-refractivity contribution in [3.63, 3.8) is 0 Å². The molecule has 0 spiro atoms. The molecule has 6 nitrogen and oxygen atoms in total. The van der Waals surface area contributed by atoms with Crippen molar-refractivity contribution in [3.05, 3.63) is 18.5 Å². The number of piperazine rings is 1. The van der Waals surface area contributed by atoms with Crippen molar-refractivity contribution in [1.29, 1.82) is 0 Å². The molecule has 0 bridgehead atoms. The monoisotopic (exact) mass is 275 g/mol. The lowest BCUT2D eigenvalue weighted by Gasteiger charge is -2.36. The van der Waals surface area contributed by atoms with Gasteiger partial charge < -0.3 is 10.2 Å².